The van der Waals surface area contributed by atoms with Crippen molar-refractivity contribution in [3.05, 3.63) is 53.0 Å². The van der Waals surface area contributed by atoms with Gasteiger partial charge in [0.2, 0.25) is 0 Å². The molecule has 0 saturated carbocycles. The number of nitrogens with one attached hydrogen (secondary N) is 2. The van der Waals surface area contributed by atoms with Crippen molar-refractivity contribution in [2.45, 2.75) is 40.0 Å². The molecule has 25 heavy (non-hydrogen) atoms. The van der Waals surface area contributed by atoms with Crippen LogP contribution in [0.25, 0.3) is 0 Å². The summed E-state index contributed by atoms with van der Waals surface area (Å²) in [6.07, 6.45) is 3.29. The Balaban J connectivity index is 1.84. The van der Waals surface area contributed by atoms with E-state index in [2.05, 4.69) is 17.8 Å². The molecule has 0 spiro atoms. The SMILES string of the molecule is CCCCCOc1ccc(C(=O)NNC(=O)c2cc(C)oc2C)cc1. The summed E-state index contributed by atoms with van der Waals surface area (Å²) >= 11 is 0. The van der Waals surface area contributed by atoms with Gasteiger partial charge in [-0.1, -0.05) is 19.8 Å². The lowest BCUT2D eigenvalue weighted by Gasteiger charge is -2.08. The minimum Gasteiger partial charge on any atom is -0.494 e. The van der Waals surface area contributed by atoms with E-state index in [0.29, 0.717) is 29.3 Å². The summed E-state index contributed by atoms with van der Waals surface area (Å²) in [5, 5.41) is 0. The molecule has 134 valence electrons. The Morgan fingerprint density at radius 1 is 1.04 bits per heavy atom. The summed E-state index contributed by atoms with van der Waals surface area (Å²) < 4.78 is 10.9. The Morgan fingerprint density at radius 2 is 1.72 bits per heavy atom. The minimum atomic E-state index is -0.418. The van der Waals surface area contributed by atoms with E-state index in [1.165, 1.54) is 0 Å². The molecule has 0 saturated heterocycles. The summed E-state index contributed by atoms with van der Waals surface area (Å²) in [6.45, 7) is 6.26. The molecule has 0 aliphatic carbocycles. The van der Waals surface area contributed by atoms with E-state index < -0.39 is 11.8 Å². The molecule has 0 unspecified atom stereocenters. The lowest BCUT2D eigenvalue weighted by molar-refractivity contribution is 0.0845. The fourth-order valence-electron chi connectivity index (χ4n) is 2.35. The zero-order valence-corrected chi connectivity index (χ0v) is 14.8. The maximum Gasteiger partial charge on any atom is 0.273 e. The van der Waals surface area contributed by atoms with E-state index in [0.717, 1.165) is 25.0 Å². The van der Waals surface area contributed by atoms with E-state index in [9.17, 15) is 9.59 Å². The molecule has 2 amide bonds. The molecule has 2 aromatic rings. The minimum absolute atomic E-state index is 0.397. The van der Waals surface area contributed by atoms with Crippen molar-refractivity contribution in [3.63, 3.8) is 0 Å². The molecule has 0 atom stereocenters. The summed E-state index contributed by atoms with van der Waals surface area (Å²) in [4.78, 5) is 24.1. The first kappa shape index (κ1) is 18.6. The van der Waals surface area contributed by atoms with Crippen LogP contribution in [0.4, 0.5) is 0 Å². The predicted molar refractivity (Wildman–Crippen MR) is 94.6 cm³/mol. The normalized spacial score (nSPS) is 10.4. The second-order valence-corrected chi connectivity index (χ2v) is 5.82. The predicted octanol–water partition coefficient (Wildman–Crippen LogP) is 3.54. The summed E-state index contributed by atoms with van der Waals surface area (Å²) in [6, 6.07) is 8.42. The van der Waals surface area contributed by atoms with Gasteiger partial charge >= 0.3 is 0 Å². The Kier molecular flexibility index (Phi) is 6.62. The highest BCUT2D eigenvalue weighted by molar-refractivity contribution is 5.99. The molecule has 2 N–H and O–H groups in total. The van der Waals surface area contributed by atoms with Gasteiger partial charge in [-0.05, 0) is 50.6 Å². The van der Waals surface area contributed by atoms with Crippen LogP contribution in [0.15, 0.2) is 34.7 Å². The van der Waals surface area contributed by atoms with Crippen molar-refractivity contribution in [2.24, 2.45) is 0 Å². The van der Waals surface area contributed by atoms with Crippen molar-refractivity contribution in [3.8, 4) is 5.75 Å². The fourth-order valence-corrected chi connectivity index (χ4v) is 2.35. The maximum absolute atomic E-state index is 12.1. The molecule has 1 aromatic carbocycles. The van der Waals surface area contributed by atoms with Crippen LogP contribution in [0.1, 0.15) is 58.4 Å². The van der Waals surface area contributed by atoms with Crippen molar-refractivity contribution < 1.29 is 18.7 Å². The number of hydrogen-bond donors (Lipinski definition) is 2. The van der Waals surface area contributed by atoms with Crippen LogP contribution in [0.3, 0.4) is 0 Å². The number of furan rings is 1. The quantitative estimate of drug-likeness (QED) is 0.595. The van der Waals surface area contributed by atoms with Crippen molar-refractivity contribution in [1.82, 2.24) is 10.9 Å². The second-order valence-electron chi connectivity index (χ2n) is 5.82. The van der Waals surface area contributed by atoms with Crippen LogP contribution in [0, 0.1) is 13.8 Å². The maximum atomic E-state index is 12.1. The number of rotatable bonds is 7. The van der Waals surface area contributed by atoms with Gasteiger partial charge in [-0.3, -0.25) is 20.4 Å². The Morgan fingerprint density at radius 3 is 2.32 bits per heavy atom. The van der Waals surface area contributed by atoms with Crippen LogP contribution >= 0.6 is 0 Å². The van der Waals surface area contributed by atoms with Gasteiger partial charge in [-0.2, -0.15) is 0 Å². The second kappa shape index (κ2) is 8.92. The first-order valence-electron chi connectivity index (χ1n) is 8.42. The third-order valence-electron chi connectivity index (χ3n) is 3.71. The van der Waals surface area contributed by atoms with Gasteiger partial charge in [-0.15, -0.1) is 0 Å². The van der Waals surface area contributed by atoms with Crippen molar-refractivity contribution in [2.75, 3.05) is 6.61 Å². The molecule has 0 aliphatic rings. The van der Waals surface area contributed by atoms with Crippen LogP contribution in [0.5, 0.6) is 5.75 Å². The molecule has 0 radical (unpaired) electrons. The third kappa shape index (κ3) is 5.38. The molecule has 1 aromatic heterocycles. The highest BCUT2D eigenvalue weighted by atomic mass is 16.5. The number of unbranched alkanes of at least 4 members (excludes halogenated alkanes) is 2. The highest BCUT2D eigenvalue weighted by Gasteiger charge is 2.14. The molecule has 0 aliphatic heterocycles. The van der Waals surface area contributed by atoms with Gasteiger partial charge in [0.15, 0.2) is 0 Å². The lowest BCUT2D eigenvalue weighted by atomic mass is 10.2. The summed E-state index contributed by atoms with van der Waals surface area (Å²) in [7, 11) is 0. The van der Waals surface area contributed by atoms with Crippen LogP contribution in [-0.2, 0) is 0 Å². The number of hydrogen-bond acceptors (Lipinski definition) is 4. The topological polar surface area (TPSA) is 80.6 Å². The standard InChI is InChI=1S/C19H24N2O4/c1-4-5-6-11-24-16-9-7-15(8-10-16)18(22)20-21-19(23)17-12-13(2)25-14(17)3/h7-10,12H,4-6,11H2,1-3H3,(H,20,22)(H,21,23). The number of hydrazine groups is 1. The monoisotopic (exact) mass is 344 g/mol. The number of aryl methyl sites for hydroxylation is 2. The van der Waals surface area contributed by atoms with E-state index in [-0.39, 0.29) is 0 Å². The molecule has 0 bridgehead atoms. The van der Waals surface area contributed by atoms with Gasteiger partial charge in [0.25, 0.3) is 11.8 Å². The Labute approximate surface area is 147 Å². The number of ether oxygens (including phenoxy) is 1. The molecular weight excluding hydrogens is 320 g/mol. The van der Waals surface area contributed by atoms with E-state index in [1.54, 1.807) is 44.2 Å². The summed E-state index contributed by atoms with van der Waals surface area (Å²) in [5.74, 6) is 1.06. The molecule has 1 heterocycles. The summed E-state index contributed by atoms with van der Waals surface area (Å²) in [5.41, 5.74) is 5.61. The van der Waals surface area contributed by atoms with E-state index >= 15 is 0 Å². The zero-order chi connectivity index (χ0) is 18.2. The average Bonchev–Trinajstić information content (AvgIpc) is 2.95. The van der Waals surface area contributed by atoms with Crippen LogP contribution in [-0.4, -0.2) is 18.4 Å². The van der Waals surface area contributed by atoms with Crippen LogP contribution < -0.4 is 15.6 Å². The number of amides is 2. The van der Waals surface area contributed by atoms with Gasteiger partial charge in [0.05, 0.1) is 12.2 Å². The van der Waals surface area contributed by atoms with Gasteiger partial charge in [-0.25, -0.2) is 0 Å². The number of carbonyl (C=O) groups excluding carboxylic acids is 2. The smallest absolute Gasteiger partial charge is 0.273 e. The van der Waals surface area contributed by atoms with Gasteiger partial charge in [0, 0.05) is 5.56 Å². The Hall–Kier alpha value is -2.76. The Bertz CT molecular complexity index is 720. The van der Waals surface area contributed by atoms with Gasteiger partial charge in [0.1, 0.15) is 17.3 Å². The third-order valence-corrected chi connectivity index (χ3v) is 3.71. The van der Waals surface area contributed by atoms with Crippen molar-refractivity contribution in [1.29, 1.82) is 0 Å². The first-order chi connectivity index (χ1) is 12.0. The number of benzene rings is 1. The van der Waals surface area contributed by atoms with Crippen LogP contribution in [0.2, 0.25) is 0 Å². The lowest BCUT2D eigenvalue weighted by Crippen LogP contribution is -2.41. The largest absolute Gasteiger partial charge is 0.494 e. The molecule has 6 nitrogen and oxygen atoms in total. The van der Waals surface area contributed by atoms with Gasteiger partial charge < -0.3 is 9.15 Å². The zero-order valence-electron chi connectivity index (χ0n) is 14.8. The first-order valence-corrected chi connectivity index (χ1v) is 8.42. The fraction of sp³-hybridized carbons (Fsp3) is 0.368. The number of carbonyl (C=O) groups is 2. The molecule has 6 heteroatoms. The van der Waals surface area contributed by atoms with E-state index in [1.807, 2.05) is 0 Å². The van der Waals surface area contributed by atoms with E-state index in [4.69, 9.17) is 9.15 Å². The molecule has 2 rings (SSSR count). The molecule has 0 fully saturated rings. The van der Waals surface area contributed by atoms with Crippen molar-refractivity contribution >= 4 is 11.8 Å². The molecular formula is C19H24N2O4. The highest BCUT2D eigenvalue weighted by Crippen LogP contribution is 2.14. The average molecular weight is 344 g/mol.